The molecule has 108 valence electrons. The van der Waals surface area contributed by atoms with Gasteiger partial charge in [0.15, 0.2) is 0 Å². The molecule has 20 heavy (non-hydrogen) atoms. The molecule has 1 heterocycles. The van der Waals surface area contributed by atoms with Gasteiger partial charge < -0.3 is 5.43 Å². The number of halogens is 3. The van der Waals surface area contributed by atoms with Crippen molar-refractivity contribution in [2.45, 2.75) is 20.0 Å². The maximum Gasteiger partial charge on any atom is 0.417 e. The van der Waals surface area contributed by atoms with Crippen LogP contribution in [0.5, 0.6) is 0 Å². The predicted octanol–water partition coefficient (Wildman–Crippen LogP) is 3.22. The van der Waals surface area contributed by atoms with Crippen LogP contribution in [0.3, 0.4) is 0 Å². The highest BCUT2D eigenvalue weighted by Crippen LogP contribution is 2.33. The Morgan fingerprint density at radius 3 is 2.50 bits per heavy atom. The predicted molar refractivity (Wildman–Crippen MR) is 72.3 cm³/mol. The Balaban J connectivity index is 2.67. The van der Waals surface area contributed by atoms with Crippen LogP contribution in [0.15, 0.2) is 35.1 Å². The van der Waals surface area contributed by atoms with Crippen LogP contribution in [0, 0.1) is 5.92 Å². The first-order chi connectivity index (χ1) is 9.30. The lowest BCUT2D eigenvalue weighted by Crippen LogP contribution is -2.32. The molecule has 0 saturated carbocycles. The lowest BCUT2D eigenvalue weighted by atomic mass is 10.1. The normalized spacial score (nSPS) is 12.1. The van der Waals surface area contributed by atoms with Gasteiger partial charge in [0.2, 0.25) is 0 Å². The van der Waals surface area contributed by atoms with E-state index < -0.39 is 17.3 Å². The molecule has 1 N–H and O–H groups in total. The molecule has 0 aliphatic heterocycles. The van der Waals surface area contributed by atoms with Gasteiger partial charge in [0, 0.05) is 18.0 Å². The molecule has 2 aromatic rings. The molecule has 0 amide bonds. The van der Waals surface area contributed by atoms with Crippen LogP contribution in [-0.4, -0.2) is 11.2 Å². The quantitative estimate of drug-likeness (QED) is 0.939. The zero-order valence-corrected chi connectivity index (χ0v) is 11.2. The van der Waals surface area contributed by atoms with Crippen molar-refractivity contribution in [3.8, 4) is 0 Å². The fourth-order valence-electron chi connectivity index (χ4n) is 1.95. The average Bonchev–Trinajstić information content (AvgIpc) is 2.35. The number of nitrogens with one attached hydrogen (secondary N) is 1. The molecule has 0 aliphatic carbocycles. The number of hydrogen-bond acceptors (Lipinski definition) is 2. The summed E-state index contributed by atoms with van der Waals surface area (Å²) in [5.41, 5.74) is 1.49. The second-order valence-corrected chi connectivity index (χ2v) is 5.00. The van der Waals surface area contributed by atoms with Gasteiger partial charge in [0.05, 0.1) is 11.1 Å². The van der Waals surface area contributed by atoms with E-state index in [2.05, 4.69) is 5.43 Å². The van der Waals surface area contributed by atoms with Crippen molar-refractivity contribution in [3.05, 3.63) is 46.2 Å². The van der Waals surface area contributed by atoms with Gasteiger partial charge in [-0.2, -0.15) is 13.2 Å². The summed E-state index contributed by atoms with van der Waals surface area (Å²) in [7, 11) is 0. The third-order valence-electron chi connectivity index (χ3n) is 2.89. The largest absolute Gasteiger partial charge is 0.417 e. The Hall–Kier alpha value is -1.98. The second-order valence-electron chi connectivity index (χ2n) is 5.00. The molecular formula is C14H15F3N2O. The fraction of sp³-hybridized carbons (Fsp3) is 0.357. The topological polar surface area (TPSA) is 34.0 Å². The van der Waals surface area contributed by atoms with Crippen molar-refractivity contribution >= 4 is 10.9 Å². The van der Waals surface area contributed by atoms with Crippen LogP contribution in [0.25, 0.3) is 10.9 Å². The third kappa shape index (κ3) is 2.79. The van der Waals surface area contributed by atoms with Crippen LogP contribution < -0.4 is 11.0 Å². The summed E-state index contributed by atoms with van der Waals surface area (Å²) >= 11 is 0. The van der Waals surface area contributed by atoms with E-state index in [0.717, 1.165) is 0 Å². The Bertz CT molecular complexity index is 674. The van der Waals surface area contributed by atoms with Crippen molar-refractivity contribution in [3.63, 3.8) is 0 Å². The minimum Gasteiger partial charge on any atom is -0.322 e. The molecule has 0 unspecified atom stereocenters. The smallest absolute Gasteiger partial charge is 0.322 e. The maximum absolute atomic E-state index is 13.0. The Labute approximate surface area is 114 Å². The molecule has 0 radical (unpaired) electrons. The number of aromatic nitrogens is 1. The highest BCUT2D eigenvalue weighted by molar-refractivity contribution is 5.83. The van der Waals surface area contributed by atoms with Crippen LogP contribution in [0.4, 0.5) is 13.2 Å². The first kappa shape index (κ1) is 14.4. The Kier molecular flexibility index (Phi) is 3.74. The molecule has 0 aliphatic rings. The molecule has 6 heteroatoms. The zero-order chi connectivity index (χ0) is 14.9. The van der Waals surface area contributed by atoms with E-state index in [1.807, 2.05) is 13.8 Å². The lowest BCUT2D eigenvalue weighted by Gasteiger charge is -2.17. The third-order valence-corrected chi connectivity index (χ3v) is 2.89. The van der Waals surface area contributed by atoms with Gasteiger partial charge in [-0.3, -0.25) is 4.79 Å². The molecule has 3 nitrogen and oxygen atoms in total. The molecule has 0 bridgehead atoms. The molecule has 1 aromatic heterocycles. The molecule has 0 spiro atoms. The van der Waals surface area contributed by atoms with E-state index in [-0.39, 0.29) is 16.8 Å². The van der Waals surface area contributed by atoms with Crippen molar-refractivity contribution < 1.29 is 13.2 Å². The number of benzene rings is 1. The highest BCUT2D eigenvalue weighted by atomic mass is 19.4. The van der Waals surface area contributed by atoms with Gasteiger partial charge in [-0.05, 0) is 12.0 Å². The number of fused-ring (bicyclic) bond motifs is 1. The monoisotopic (exact) mass is 284 g/mol. The van der Waals surface area contributed by atoms with Gasteiger partial charge in [-0.1, -0.05) is 32.0 Å². The summed E-state index contributed by atoms with van der Waals surface area (Å²) in [5.74, 6) is 0.267. The van der Waals surface area contributed by atoms with Gasteiger partial charge in [0.1, 0.15) is 0 Å². The molecule has 2 rings (SSSR count). The van der Waals surface area contributed by atoms with E-state index >= 15 is 0 Å². The van der Waals surface area contributed by atoms with Crippen LogP contribution in [-0.2, 0) is 6.18 Å². The number of hydrogen-bond donors (Lipinski definition) is 1. The molecular weight excluding hydrogens is 269 g/mol. The number of para-hydroxylation sites is 1. The van der Waals surface area contributed by atoms with Crippen LogP contribution >= 0.6 is 0 Å². The zero-order valence-electron chi connectivity index (χ0n) is 11.2. The fourth-order valence-corrected chi connectivity index (χ4v) is 1.95. The standard InChI is InChI=1S/C14H15F3N2O/c1-9(2)8-18-19-12-6-4-3-5-10(12)11(7-13(19)20)14(15,16)17/h3-7,9,18H,8H2,1-2H3. The van der Waals surface area contributed by atoms with Gasteiger partial charge in [-0.25, -0.2) is 4.68 Å². The van der Waals surface area contributed by atoms with E-state index in [1.54, 1.807) is 6.07 Å². The number of alkyl halides is 3. The Morgan fingerprint density at radius 1 is 1.25 bits per heavy atom. The summed E-state index contributed by atoms with van der Waals surface area (Å²) < 4.78 is 40.1. The summed E-state index contributed by atoms with van der Waals surface area (Å²) in [6.07, 6.45) is -4.55. The minimum absolute atomic E-state index is 0.0101. The number of rotatable bonds is 3. The first-order valence-electron chi connectivity index (χ1n) is 6.26. The minimum atomic E-state index is -4.55. The second kappa shape index (κ2) is 5.19. The maximum atomic E-state index is 13.0. The van der Waals surface area contributed by atoms with E-state index in [0.29, 0.717) is 12.6 Å². The van der Waals surface area contributed by atoms with Gasteiger partial charge >= 0.3 is 6.18 Å². The number of pyridine rings is 1. The molecule has 0 atom stereocenters. The average molecular weight is 284 g/mol. The van der Waals surface area contributed by atoms with Crippen molar-refractivity contribution in [2.24, 2.45) is 5.92 Å². The van der Waals surface area contributed by atoms with Gasteiger partial charge in [-0.15, -0.1) is 0 Å². The van der Waals surface area contributed by atoms with Crippen molar-refractivity contribution in [2.75, 3.05) is 12.0 Å². The molecule has 0 fully saturated rings. The van der Waals surface area contributed by atoms with E-state index in [1.165, 1.54) is 22.9 Å². The Morgan fingerprint density at radius 2 is 1.90 bits per heavy atom. The summed E-state index contributed by atoms with van der Waals surface area (Å²) in [6, 6.07) is 6.63. The van der Waals surface area contributed by atoms with Crippen LogP contribution in [0.1, 0.15) is 19.4 Å². The summed E-state index contributed by atoms with van der Waals surface area (Å²) in [4.78, 5) is 11.9. The number of nitrogens with zero attached hydrogens (tertiary/aromatic N) is 1. The van der Waals surface area contributed by atoms with Crippen LogP contribution in [0.2, 0.25) is 0 Å². The molecule has 1 aromatic carbocycles. The first-order valence-corrected chi connectivity index (χ1v) is 6.26. The van der Waals surface area contributed by atoms with Crippen molar-refractivity contribution in [1.82, 2.24) is 4.68 Å². The highest BCUT2D eigenvalue weighted by Gasteiger charge is 2.33. The van der Waals surface area contributed by atoms with E-state index in [4.69, 9.17) is 0 Å². The summed E-state index contributed by atoms with van der Waals surface area (Å²) in [5, 5.41) is 0.0101. The summed E-state index contributed by atoms with van der Waals surface area (Å²) in [6.45, 7) is 4.39. The van der Waals surface area contributed by atoms with Crippen molar-refractivity contribution in [1.29, 1.82) is 0 Å². The SMILES string of the molecule is CC(C)CNn1c(=O)cc(C(F)(F)F)c2ccccc21. The van der Waals surface area contributed by atoms with Gasteiger partial charge in [0.25, 0.3) is 5.56 Å². The van der Waals surface area contributed by atoms with E-state index in [9.17, 15) is 18.0 Å². The molecule has 0 saturated heterocycles. The lowest BCUT2D eigenvalue weighted by molar-refractivity contribution is -0.136.